The second kappa shape index (κ2) is 8.29. The first kappa shape index (κ1) is 14.2. The van der Waals surface area contributed by atoms with Crippen molar-refractivity contribution >= 4 is 5.78 Å². The summed E-state index contributed by atoms with van der Waals surface area (Å²) >= 11 is 0. The van der Waals surface area contributed by atoms with E-state index in [-0.39, 0.29) is 11.7 Å². The van der Waals surface area contributed by atoms with Crippen LogP contribution in [-0.4, -0.2) is 37.0 Å². The number of allylic oxidation sites excluding steroid dienone is 1. The molecule has 98 valence electrons. The Morgan fingerprint density at radius 1 is 1.35 bits per heavy atom. The van der Waals surface area contributed by atoms with E-state index < -0.39 is 0 Å². The molecule has 1 unspecified atom stereocenters. The standard InChI is InChI=1S/C14H25NO2/c1-3-5-6-13(4-2)14(16)7-8-15-9-11-17-12-10-15/h7-8,13H,3-6,9-12H2,1-2H3. The average Bonchev–Trinajstić information content (AvgIpc) is 2.38. The predicted octanol–water partition coefficient (Wildman–Crippen LogP) is 2.62. The monoisotopic (exact) mass is 239 g/mol. The molecule has 1 aliphatic heterocycles. The van der Waals surface area contributed by atoms with Crippen LogP contribution >= 0.6 is 0 Å². The fourth-order valence-electron chi connectivity index (χ4n) is 2.04. The van der Waals surface area contributed by atoms with Crippen LogP contribution in [0.1, 0.15) is 39.5 Å². The van der Waals surface area contributed by atoms with Gasteiger partial charge in [0.25, 0.3) is 0 Å². The number of unbranched alkanes of at least 4 members (excludes halogenated alkanes) is 1. The smallest absolute Gasteiger partial charge is 0.160 e. The molecule has 0 aromatic carbocycles. The molecule has 3 nitrogen and oxygen atoms in total. The third kappa shape index (κ3) is 5.35. The number of carbonyl (C=O) groups excluding carboxylic acids is 1. The van der Waals surface area contributed by atoms with Gasteiger partial charge in [-0.3, -0.25) is 4.79 Å². The predicted molar refractivity (Wildman–Crippen MR) is 69.8 cm³/mol. The molecule has 1 rings (SSSR count). The van der Waals surface area contributed by atoms with Gasteiger partial charge >= 0.3 is 0 Å². The summed E-state index contributed by atoms with van der Waals surface area (Å²) in [7, 11) is 0. The van der Waals surface area contributed by atoms with Crippen LogP contribution in [-0.2, 0) is 9.53 Å². The first-order valence-corrected chi connectivity index (χ1v) is 6.81. The topological polar surface area (TPSA) is 29.5 Å². The highest BCUT2D eigenvalue weighted by Gasteiger charge is 2.13. The minimum atomic E-state index is 0.215. The van der Waals surface area contributed by atoms with Crippen LogP contribution in [0, 0.1) is 5.92 Å². The van der Waals surface area contributed by atoms with Crippen molar-refractivity contribution in [1.29, 1.82) is 0 Å². The van der Waals surface area contributed by atoms with Gasteiger partial charge in [-0.15, -0.1) is 0 Å². The van der Waals surface area contributed by atoms with Gasteiger partial charge < -0.3 is 9.64 Å². The summed E-state index contributed by atoms with van der Waals surface area (Å²) in [5.74, 6) is 0.500. The first-order chi connectivity index (χ1) is 8.27. The fourth-order valence-corrected chi connectivity index (χ4v) is 2.04. The zero-order valence-corrected chi connectivity index (χ0v) is 11.2. The fraction of sp³-hybridized carbons (Fsp3) is 0.786. The third-order valence-corrected chi connectivity index (χ3v) is 3.30. The number of carbonyl (C=O) groups is 1. The molecule has 1 aliphatic rings. The SMILES string of the molecule is CCCCC(CC)C(=O)C=CN1CCOCC1. The largest absolute Gasteiger partial charge is 0.378 e. The van der Waals surface area contributed by atoms with E-state index in [1.54, 1.807) is 6.08 Å². The highest BCUT2D eigenvalue weighted by atomic mass is 16.5. The Balaban J connectivity index is 2.36. The Kier molecular flexibility index (Phi) is 6.94. The number of hydrogen-bond acceptors (Lipinski definition) is 3. The normalized spacial score (nSPS) is 18.6. The molecule has 1 heterocycles. The quantitative estimate of drug-likeness (QED) is 0.640. The maximum absolute atomic E-state index is 12.0. The van der Waals surface area contributed by atoms with Crippen molar-refractivity contribution in [2.75, 3.05) is 26.3 Å². The van der Waals surface area contributed by atoms with E-state index in [1.807, 2.05) is 6.20 Å². The second-order valence-electron chi connectivity index (χ2n) is 4.61. The van der Waals surface area contributed by atoms with E-state index in [2.05, 4.69) is 18.7 Å². The second-order valence-corrected chi connectivity index (χ2v) is 4.61. The number of ketones is 1. The van der Waals surface area contributed by atoms with Gasteiger partial charge in [0.1, 0.15) is 0 Å². The van der Waals surface area contributed by atoms with Gasteiger partial charge in [-0.05, 0) is 18.9 Å². The van der Waals surface area contributed by atoms with Gasteiger partial charge in [-0.2, -0.15) is 0 Å². The molecule has 17 heavy (non-hydrogen) atoms. The summed E-state index contributed by atoms with van der Waals surface area (Å²) in [5, 5.41) is 0. The minimum absolute atomic E-state index is 0.215. The molecule has 1 fully saturated rings. The molecule has 3 heteroatoms. The Morgan fingerprint density at radius 3 is 2.65 bits per heavy atom. The van der Waals surface area contributed by atoms with Crippen LogP contribution in [0.25, 0.3) is 0 Å². The van der Waals surface area contributed by atoms with Crippen LogP contribution in [0.5, 0.6) is 0 Å². The van der Waals surface area contributed by atoms with Crippen LogP contribution in [0.15, 0.2) is 12.3 Å². The van der Waals surface area contributed by atoms with Crippen LogP contribution in [0.3, 0.4) is 0 Å². The molecule has 0 aromatic rings. The number of nitrogens with zero attached hydrogens (tertiary/aromatic N) is 1. The van der Waals surface area contributed by atoms with Gasteiger partial charge in [0.2, 0.25) is 0 Å². The number of hydrogen-bond donors (Lipinski definition) is 0. The van der Waals surface area contributed by atoms with Crippen molar-refractivity contribution in [3.63, 3.8) is 0 Å². The zero-order chi connectivity index (χ0) is 12.5. The molecule has 0 spiro atoms. The lowest BCUT2D eigenvalue weighted by molar-refractivity contribution is -0.118. The summed E-state index contributed by atoms with van der Waals surface area (Å²) in [6.45, 7) is 7.60. The molecule has 0 bridgehead atoms. The highest BCUT2D eigenvalue weighted by Crippen LogP contribution is 2.14. The van der Waals surface area contributed by atoms with Gasteiger partial charge in [0, 0.05) is 25.2 Å². The van der Waals surface area contributed by atoms with Crippen molar-refractivity contribution < 1.29 is 9.53 Å². The van der Waals surface area contributed by atoms with Gasteiger partial charge in [0.15, 0.2) is 5.78 Å². The highest BCUT2D eigenvalue weighted by molar-refractivity contribution is 5.91. The van der Waals surface area contributed by atoms with Crippen molar-refractivity contribution in [2.45, 2.75) is 39.5 Å². The Hall–Kier alpha value is -0.830. The molecular formula is C14H25NO2. The minimum Gasteiger partial charge on any atom is -0.378 e. The lowest BCUT2D eigenvalue weighted by Gasteiger charge is -2.25. The first-order valence-electron chi connectivity index (χ1n) is 6.81. The van der Waals surface area contributed by atoms with E-state index in [4.69, 9.17) is 4.74 Å². The summed E-state index contributed by atoms with van der Waals surface area (Å²) < 4.78 is 5.27. The molecule has 1 atom stereocenters. The van der Waals surface area contributed by atoms with E-state index in [0.717, 1.165) is 52.0 Å². The number of ether oxygens (including phenoxy) is 1. The molecule has 0 N–H and O–H groups in total. The van der Waals surface area contributed by atoms with Crippen LogP contribution < -0.4 is 0 Å². The van der Waals surface area contributed by atoms with E-state index >= 15 is 0 Å². The van der Waals surface area contributed by atoms with Gasteiger partial charge in [0.05, 0.1) is 13.2 Å². The molecule has 0 radical (unpaired) electrons. The van der Waals surface area contributed by atoms with Crippen molar-refractivity contribution in [3.8, 4) is 0 Å². The average molecular weight is 239 g/mol. The summed E-state index contributed by atoms with van der Waals surface area (Å²) in [4.78, 5) is 14.1. The number of morpholine rings is 1. The summed E-state index contributed by atoms with van der Waals surface area (Å²) in [6, 6.07) is 0. The van der Waals surface area contributed by atoms with Crippen molar-refractivity contribution in [3.05, 3.63) is 12.3 Å². The van der Waals surface area contributed by atoms with Crippen molar-refractivity contribution in [1.82, 2.24) is 4.90 Å². The van der Waals surface area contributed by atoms with E-state index in [0.29, 0.717) is 0 Å². The molecule has 0 amide bonds. The van der Waals surface area contributed by atoms with E-state index in [9.17, 15) is 4.79 Å². The summed E-state index contributed by atoms with van der Waals surface area (Å²) in [6.07, 6.45) is 7.99. The maximum Gasteiger partial charge on any atom is 0.160 e. The van der Waals surface area contributed by atoms with Crippen LogP contribution in [0.2, 0.25) is 0 Å². The van der Waals surface area contributed by atoms with Crippen molar-refractivity contribution in [2.24, 2.45) is 5.92 Å². The number of rotatable bonds is 7. The lowest BCUT2D eigenvalue weighted by Crippen LogP contribution is -2.32. The maximum atomic E-state index is 12.0. The molecule has 0 aromatic heterocycles. The molecule has 0 saturated carbocycles. The summed E-state index contributed by atoms with van der Waals surface area (Å²) in [5.41, 5.74) is 0. The Morgan fingerprint density at radius 2 is 2.06 bits per heavy atom. The molecule has 0 aliphatic carbocycles. The van der Waals surface area contributed by atoms with Crippen LogP contribution in [0.4, 0.5) is 0 Å². The Labute approximate surface area is 105 Å². The molecular weight excluding hydrogens is 214 g/mol. The lowest BCUT2D eigenvalue weighted by atomic mass is 9.95. The van der Waals surface area contributed by atoms with E-state index in [1.165, 1.54) is 0 Å². The molecule has 1 saturated heterocycles. The van der Waals surface area contributed by atoms with Gasteiger partial charge in [-0.25, -0.2) is 0 Å². The Bertz CT molecular complexity index is 245. The third-order valence-electron chi connectivity index (χ3n) is 3.30. The van der Waals surface area contributed by atoms with Gasteiger partial charge in [-0.1, -0.05) is 26.7 Å². The zero-order valence-electron chi connectivity index (χ0n) is 11.2.